The highest BCUT2D eigenvalue weighted by Gasteiger charge is 2.34. The number of amides is 3. The second-order valence-electron chi connectivity index (χ2n) is 6.20. The maximum atomic E-state index is 12.6. The number of para-hydroxylation sites is 1. The lowest BCUT2D eigenvalue weighted by Gasteiger charge is -2.36. The Hall–Kier alpha value is -1.79. The number of carbonyl (C=O) groups excluding carboxylic acids is 2. The van der Waals surface area contributed by atoms with E-state index in [1.807, 2.05) is 18.2 Å². The molecule has 1 saturated heterocycles. The fraction of sp³-hybridized carbons (Fsp3) is 0.500. The molecule has 3 amide bonds. The van der Waals surface area contributed by atoms with Gasteiger partial charge in [-0.2, -0.15) is 0 Å². The lowest BCUT2D eigenvalue weighted by Crippen LogP contribution is -2.58. The first kappa shape index (κ1) is 19.3. The zero-order valence-electron chi connectivity index (χ0n) is 13.5. The molecule has 0 saturated carbocycles. The highest BCUT2D eigenvalue weighted by molar-refractivity contribution is 5.95. The first-order valence-corrected chi connectivity index (χ1v) is 7.57. The van der Waals surface area contributed by atoms with Gasteiger partial charge in [-0.05, 0) is 38.8 Å². The topological polar surface area (TPSA) is 87.5 Å². The van der Waals surface area contributed by atoms with E-state index in [0.29, 0.717) is 18.8 Å². The first-order chi connectivity index (χ1) is 10.4. The van der Waals surface area contributed by atoms with Gasteiger partial charge in [-0.1, -0.05) is 18.2 Å². The molecule has 1 aliphatic heterocycles. The summed E-state index contributed by atoms with van der Waals surface area (Å²) in [5.41, 5.74) is 5.58. The number of hydrogen-bond acceptors (Lipinski definition) is 3. The molecular formula is C16H25ClN4O2. The van der Waals surface area contributed by atoms with Crippen LogP contribution in [0, 0.1) is 0 Å². The third-order valence-electron chi connectivity index (χ3n) is 3.82. The fourth-order valence-electron chi connectivity index (χ4n) is 2.52. The Labute approximate surface area is 143 Å². The van der Waals surface area contributed by atoms with Gasteiger partial charge in [0.15, 0.2) is 0 Å². The average molecular weight is 341 g/mol. The Balaban J connectivity index is 0.00000264. The number of carbonyl (C=O) groups is 2. The van der Waals surface area contributed by atoms with Gasteiger partial charge in [0.1, 0.15) is 5.54 Å². The minimum atomic E-state index is -0.958. The van der Waals surface area contributed by atoms with Crippen molar-refractivity contribution in [1.82, 2.24) is 10.2 Å². The highest BCUT2D eigenvalue weighted by Crippen LogP contribution is 2.15. The number of nitrogens with zero attached hydrogens (tertiary/aromatic N) is 1. The van der Waals surface area contributed by atoms with Crippen LogP contribution in [0.4, 0.5) is 10.5 Å². The number of anilines is 1. The Morgan fingerprint density at radius 2 is 1.74 bits per heavy atom. The van der Waals surface area contributed by atoms with E-state index in [1.54, 1.807) is 30.9 Å². The van der Waals surface area contributed by atoms with E-state index in [4.69, 9.17) is 5.73 Å². The molecule has 0 atom stereocenters. The number of urea groups is 1. The van der Waals surface area contributed by atoms with Gasteiger partial charge in [-0.3, -0.25) is 4.79 Å². The summed E-state index contributed by atoms with van der Waals surface area (Å²) in [7, 11) is 0. The van der Waals surface area contributed by atoms with Gasteiger partial charge in [-0.15, -0.1) is 12.4 Å². The predicted octanol–water partition coefficient (Wildman–Crippen LogP) is 1.96. The molecule has 0 bridgehead atoms. The minimum absolute atomic E-state index is 0. The molecule has 4 N–H and O–H groups in total. The molecule has 0 aliphatic carbocycles. The third kappa shape index (κ3) is 5.41. The number of nitrogens with one attached hydrogen (secondary N) is 2. The summed E-state index contributed by atoms with van der Waals surface area (Å²) >= 11 is 0. The zero-order valence-corrected chi connectivity index (χ0v) is 14.4. The molecular weight excluding hydrogens is 316 g/mol. The largest absolute Gasteiger partial charge is 0.341 e. The van der Waals surface area contributed by atoms with Gasteiger partial charge in [0.2, 0.25) is 5.91 Å². The summed E-state index contributed by atoms with van der Waals surface area (Å²) in [5.74, 6) is -0.0809. The average Bonchev–Trinajstić information content (AvgIpc) is 2.47. The maximum Gasteiger partial charge on any atom is 0.320 e. The normalized spacial score (nSPS) is 15.5. The number of halogens is 1. The third-order valence-corrected chi connectivity index (χ3v) is 3.82. The summed E-state index contributed by atoms with van der Waals surface area (Å²) in [6.45, 7) is 4.72. The Kier molecular flexibility index (Phi) is 6.84. The molecule has 1 aliphatic rings. The zero-order chi connectivity index (χ0) is 16.2. The van der Waals surface area contributed by atoms with Crippen molar-refractivity contribution in [1.29, 1.82) is 0 Å². The predicted molar refractivity (Wildman–Crippen MR) is 93.7 cm³/mol. The SMILES string of the molecule is CC(C)(NC(=O)Nc1ccccc1)C(=O)N1CCC(N)CC1.Cl. The fourth-order valence-corrected chi connectivity index (χ4v) is 2.52. The lowest BCUT2D eigenvalue weighted by atomic mass is 9.99. The lowest BCUT2D eigenvalue weighted by molar-refractivity contribution is -0.137. The number of nitrogens with two attached hydrogens (primary N) is 1. The molecule has 1 heterocycles. The van der Waals surface area contributed by atoms with Gasteiger partial charge >= 0.3 is 6.03 Å². The monoisotopic (exact) mass is 340 g/mol. The van der Waals surface area contributed by atoms with Crippen LogP contribution in [0.3, 0.4) is 0 Å². The molecule has 0 spiro atoms. The smallest absolute Gasteiger partial charge is 0.320 e. The van der Waals surface area contributed by atoms with Crippen molar-refractivity contribution >= 4 is 30.0 Å². The molecule has 23 heavy (non-hydrogen) atoms. The van der Waals surface area contributed by atoms with Crippen LogP contribution in [-0.4, -0.2) is 41.5 Å². The van der Waals surface area contributed by atoms with E-state index in [1.165, 1.54) is 0 Å². The Morgan fingerprint density at radius 1 is 1.17 bits per heavy atom. The molecule has 7 heteroatoms. The summed E-state index contributed by atoms with van der Waals surface area (Å²) in [5, 5.41) is 5.46. The molecule has 0 unspecified atom stereocenters. The quantitative estimate of drug-likeness (QED) is 0.786. The second-order valence-corrected chi connectivity index (χ2v) is 6.20. The van der Waals surface area contributed by atoms with Crippen molar-refractivity contribution in [3.05, 3.63) is 30.3 Å². The number of piperidine rings is 1. The molecule has 1 fully saturated rings. The standard InChI is InChI=1S/C16H24N4O2.ClH/c1-16(2,14(21)20-10-8-12(17)9-11-20)19-15(22)18-13-6-4-3-5-7-13;/h3-7,12H,8-11,17H2,1-2H3,(H2,18,19,22);1H. The van der Waals surface area contributed by atoms with Crippen molar-refractivity contribution in [3.8, 4) is 0 Å². The maximum absolute atomic E-state index is 12.6. The van der Waals surface area contributed by atoms with Crippen LogP contribution in [0.25, 0.3) is 0 Å². The molecule has 6 nitrogen and oxygen atoms in total. The van der Waals surface area contributed by atoms with Gasteiger partial charge in [0.25, 0.3) is 0 Å². The van der Waals surface area contributed by atoms with E-state index in [2.05, 4.69) is 10.6 Å². The van der Waals surface area contributed by atoms with E-state index in [9.17, 15) is 9.59 Å². The minimum Gasteiger partial charge on any atom is -0.341 e. The van der Waals surface area contributed by atoms with Crippen LogP contribution in [-0.2, 0) is 4.79 Å². The molecule has 0 radical (unpaired) electrons. The summed E-state index contributed by atoms with van der Waals surface area (Å²) in [6.07, 6.45) is 1.61. The number of rotatable bonds is 3. The van der Waals surface area contributed by atoms with Crippen molar-refractivity contribution < 1.29 is 9.59 Å². The molecule has 1 aromatic carbocycles. The number of likely N-dealkylation sites (tertiary alicyclic amines) is 1. The molecule has 0 aromatic heterocycles. The van der Waals surface area contributed by atoms with Crippen LogP contribution >= 0.6 is 12.4 Å². The Bertz CT molecular complexity index is 528. The van der Waals surface area contributed by atoms with Gasteiger partial charge in [0.05, 0.1) is 0 Å². The molecule has 128 valence electrons. The number of hydrogen-bond donors (Lipinski definition) is 3. The van der Waals surface area contributed by atoms with Gasteiger partial charge in [0, 0.05) is 24.8 Å². The van der Waals surface area contributed by atoms with Gasteiger partial charge < -0.3 is 21.3 Å². The summed E-state index contributed by atoms with van der Waals surface area (Å²) in [4.78, 5) is 26.4. The molecule has 2 rings (SSSR count). The van der Waals surface area contributed by atoms with Crippen LogP contribution in [0.1, 0.15) is 26.7 Å². The summed E-state index contributed by atoms with van der Waals surface area (Å²) in [6, 6.07) is 8.91. The Morgan fingerprint density at radius 3 is 2.30 bits per heavy atom. The van der Waals surface area contributed by atoms with Crippen molar-refractivity contribution in [2.45, 2.75) is 38.3 Å². The molecule has 1 aromatic rings. The summed E-state index contributed by atoms with van der Waals surface area (Å²) < 4.78 is 0. The van der Waals surface area contributed by atoms with Crippen LogP contribution < -0.4 is 16.4 Å². The first-order valence-electron chi connectivity index (χ1n) is 7.57. The van der Waals surface area contributed by atoms with Crippen molar-refractivity contribution in [2.75, 3.05) is 18.4 Å². The van der Waals surface area contributed by atoms with E-state index in [0.717, 1.165) is 12.8 Å². The van der Waals surface area contributed by atoms with Crippen LogP contribution in [0.15, 0.2) is 30.3 Å². The van der Waals surface area contributed by atoms with Crippen LogP contribution in [0.2, 0.25) is 0 Å². The van der Waals surface area contributed by atoms with E-state index >= 15 is 0 Å². The highest BCUT2D eigenvalue weighted by atomic mass is 35.5. The van der Waals surface area contributed by atoms with Crippen molar-refractivity contribution in [2.24, 2.45) is 5.73 Å². The van der Waals surface area contributed by atoms with E-state index in [-0.39, 0.29) is 24.4 Å². The van der Waals surface area contributed by atoms with E-state index < -0.39 is 11.6 Å². The van der Waals surface area contributed by atoms with Gasteiger partial charge in [-0.25, -0.2) is 4.79 Å². The van der Waals surface area contributed by atoms with Crippen molar-refractivity contribution in [3.63, 3.8) is 0 Å². The number of benzene rings is 1. The second kappa shape index (κ2) is 8.17. The van der Waals surface area contributed by atoms with Crippen LogP contribution in [0.5, 0.6) is 0 Å².